The molecule has 3 rings (SSSR count). The summed E-state index contributed by atoms with van der Waals surface area (Å²) in [4.78, 5) is 8.59. The summed E-state index contributed by atoms with van der Waals surface area (Å²) < 4.78 is 11.2. The molecule has 0 spiro atoms. The largest absolute Gasteiger partial charge is 0.494 e. The number of aromatic amines is 1. The summed E-state index contributed by atoms with van der Waals surface area (Å²) in [7, 11) is 0. The van der Waals surface area contributed by atoms with Crippen LogP contribution in [-0.2, 0) is 6.54 Å². The minimum Gasteiger partial charge on any atom is -0.494 e. The van der Waals surface area contributed by atoms with Gasteiger partial charge in [0.2, 0.25) is 0 Å². The molecule has 0 saturated carbocycles. The van der Waals surface area contributed by atoms with E-state index in [4.69, 9.17) is 15.2 Å². The van der Waals surface area contributed by atoms with Crippen LogP contribution in [0, 0.1) is 0 Å². The number of nitrogens with one attached hydrogen (secondary N) is 2. The van der Waals surface area contributed by atoms with Crippen LogP contribution < -0.4 is 20.5 Å². The second-order valence-corrected chi connectivity index (χ2v) is 5.88. The maximum Gasteiger partial charge on any atom is 0.193 e. The van der Waals surface area contributed by atoms with Gasteiger partial charge in [0, 0.05) is 11.6 Å². The SMILES string of the molecule is CCOc1ccc(OCC)c(NC(N)=NCc2cccc(-c3ncn[nH]3)c2)c1. The van der Waals surface area contributed by atoms with Crippen LogP contribution in [0.25, 0.3) is 11.4 Å². The quantitative estimate of drug-likeness (QED) is 0.409. The van der Waals surface area contributed by atoms with Gasteiger partial charge in [-0.1, -0.05) is 18.2 Å². The minimum absolute atomic E-state index is 0.291. The van der Waals surface area contributed by atoms with E-state index >= 15 is 0 Å². The van der Waals surface area contributed by atoms with Crippen molar-refractivity contribution < 1.29 is 9.47 Å². The Morgan fingerprint density at radius 2 is 2.00 bits per heavy atom. The Balaban J connectivity index is 1.72. The maximum atomic E-state index is 6.09. The zero-order valence-corrected chi connectivity index (χ0v) is 16.0. The molecule has 0 fully saturated rings. The van der Waals surface area contributed by atoms with E-state index in [-0.39, 0.29) is 0 Å². The molecule has 8 heteroatoms. The number of aliphatic imine (C=N–C) groups is 1. The fourth-order valence-corrected chi connectivity index (χ4v) is 2.66. The van der Waals surface area contributed by atoms with Gasteiger partial charge in [-0.05, 0) is 37.6 Å². The van der Waals surface area contributed by atoms with Crippen molar-refractivity contribution in [3.63, 3.8) is 0 Å². The molecule has 1 heterocycles. The van der Waals surface area contributed by atoms with E-state index < -0.39 is 0 Å². The zero-order chi connectivity index (χ0) is 19.8. The molecule has 0 amide bonds. The molecule has 3 aromatic rings. The third-order valence-corrected chi connectivity index (χ3v) is 3.87. The lowest BCUT2D eigenvalue weighted by Crippen LogP contribution is -2.23. The van der Waals surface area contributed by atoms with Gasteiger partial charge in [-0.25, -0.2) is 9.98 Å². The van der Waals surface area contributed by atoms with E-state index in [2.05, 4.69) is 25.5 Å². The summed E-state index contributed by atoms with van der Waals surface area (Å²) in [5, 5.41) is 9.83. The van der Waals surface area contributed by atoms with Gasteiger partial charge < -0.3 is 20.5 Å². The van der Waals surface area contributed by atoms with Crippen molar-refractivity contribution in [2.24, 2.45) is 10.7 Å². The number of hydrogen-bond acceptors (Lipinski definition) is 5. The molecule has 0 saturated heterocycles. The third-order valence-electron chi connectivity index (χ3n) is 3.87. The van der Waals surface area contributed by atoms with Gasteiger partial charge in [-0.3, -0.25) is 5.10 Å². The summed E-state index contributed by atoms with van der Waals surface area (Å²) in [6, 6.07) is 13.5. The van der Waals surface area contributed by atoms with E-state index in [1.54, 1.807) is 0 Å². The highest BCUT2D eigenvalue weighted by molar-refractivity contribution is 5.94. The lowest BCUT2D eigenvalue weighted by atomic mass is 10.1. The molecule has 2 aromatic carbocycles. The molecular formula is C20H24N6O2. The minimum atomic E-state index is 0.291. The van der Waals surface area contributed by atoms with Crippen LogP contribution in [0.1, 0.15) is 19.4 Å². The van der Waals surface area contributed by atoms with E-state index in [0.717, 1.165) is 16.9 Å². The van der Waals surface area contributed by atoms with Crippen LogP contribution >= 0.6 is 0 Å². The summed E-state index contributed by atoms with van der Waals surface area (Å²) in [5.74, 6) is 2.43. The van der Waals surface area contributed by atoms with E-state index in [1.165, 1.54) is 6.33 Å². The molecule has 0 atom stereocenters. The Labute approximate surface area is 163 Å². The van der Waals surface area contributed by atoms with Crippen LogP contribution in [0.15, 0.2) is 53.8 Å². The number of aromatic nitrogens is 3. The van der Waals surface area contributed by atoms with E-state index in [1.807, 2.05) is 56.3 Å². The molecule has 0 radical (unpaired) electrons. The number of rotatable bonds is 8. The summed E-state index contributed by atoms with van der Waals surface area (Å²) in [5.41, 5.74) is 8.75. The Morgan fingerprint density at radius 1 is 1.14 bits per heavy atom. The first kappa shape index (κ1) is 19.2. The van der Waals surface area contributed by atoms with Gasteiger partial charge in [0.15, 0.2) is 11.8 Å². The van der Waals surface area contributed by atoms with E-state index in [0.29, 0.717) is 43.0 Å². The van der Waals surface area contributed by atoms with Gasteiger partial charge in [0.1, 0.15) is 17.8 Å². The molecule has 0 aliphatic rings. The number of anilines is 1. The highest BCUT2D eigenvalue weighted by Crippen LogP contribution is 2.29. The highest BCUT2D eigenvalue weighted by Gasteiger charge is 2.07. The normalized spacial score (nSPS) is 11.3. The van der Waals surface area contributed by atoms with Gasteiger partial charge in [-0.15, -0.1) is 0 Å². The molecule has 0 aliphatic carbocycles. The first-order valence-corrected chi connectivity index (χ1v) is 9.10. The number of nitrogens with zero attached hydrogens (tertiary/aromatic N) is 3. The molecule has 8 nitrogen and oxygen atoms in total. The lowest BCUT2D eigenvalue weighted by Gasteiger charge is -2.14. The molecule has 0 unspecified atom stereocenters. The molecule has 0 bridgehead atoms. The van der Waals surface area contributed by atoms with Crippen LogP contribution in [0.4, 0.5) is 5.69 Å². The van der Waals surface area contributed by atoms with Crippen molar-refractivity contribution >= 4 is 11.6 Å². The van der Waals surface area contributed by atoms with Crippen molar-refractivity contribution in [3.05, 3.63) is 54.4 Å². The fourth-order valence-electron chi connectivity index (χ4n) is 2.66. The van der Waals surface area contributed by atoms with Crippen molar-refractivity contribution in [2.75, 3.05) is 18.5 Å². The van der Waals surface area contributed by atoms with Gasteiger partial charge >= 0.3 is 0 Å². The fraction of sp³-hybridized carbons (Fsp3) is 0.250. The maximum absolute atomic E-state index is 6.09. The number of H-pyrrole nitrogens is 1. The Morgan fingerprint density at radius 3 is 2.75 bits per heavy atom. The first-order chi connectivity index (χ1) is 13.7. The van der Waals surface area contributed by atoms with Crippen LogP contribution in [-0.4, -0.2) is 34.4 Å². The van der Waals surface area contributed by atoms with Gasteiger partial charge in [0.05, 0.1) is 25.4 Å². The number of nitrogens with two attached hydrogens (primary N) is 1. The van der Waals surface area contributed by atoms with Crippen LogP contribution in [0.2, 0.25) is 0 Å². The highest BCUT2D eigenvalue weighted by atomic mass is 16.5. The van der Waals surface area contributed by atoms with Crippen molar-refractivity contribution in [3.8, 4) is 22.9 Å². The van der Waals surface area contributed by atoms with Crippen molar-refractivity contribution in [1.29, 1.82) is 0 Å². The molecular weight excluding hydrogens is 356 g/mol. The summed E-state index contributed by atoms with van der Waals surface area (Å²) >= 11 is 0. The number of ether oxygens (including phenoxy) is 2. The number of hydrogen-bond donors (Lipinski definition) is 3. The molecule has 0 aliphatic heterocycles. The molecule has 4 N–H and O–H groups in total. The van der Waals surface area contributed by atoms with Gasteiger partial charge in [-0.2, -0.15) is 5.10 Å². The smallest absolute Gasteiger partial charge is 0.193 e. The first-order valence-electron chi connectivity index (χ1n) is 9.10. The van der Waals surface area contributed by atoms with Gasteiger partial charge in [0.25, 0.3) is 0 Å². The monoisotopic (exact) mass is 380 g/mol. The Bertz CT molecular complexity index is 924. The molecule has 146 valence electrons. The number of benzene rings is 2. The summed E-state index contributed by atoms with van der Waals surface area (Å²) in [6.07, 6.45) is 1.48. The Kier molecular flexibility index (Phi) is 6.46. The zero-order valence-electron chi connectivity index (χ0n) is 16.0. The predicted molar refractivity (Wildman–Crippen MR) is 110 cm³/mol. The van der Waals surface area contributed by atoms with Crippen molar-refractivity contribution in [1.82, 2.24) is 15.2 Å². The molecule has 28 heavy (non-hydrogen) atoms. The average molecular weight is 380 g/mol. The second kappa shape index (κ2) is 9.40. The van der Waals surface area contributed by atoms with Crippen LogP contribution in [0.5, 0.6) is 11.5 Å². The van der Waals surface area contributed by atoms with Crippen molar-refractivity contribution in [2.45, 2.75) is 20.4 Å². The second-order valence-electron chi connectivity index (χ2n) is 5.88. The number of guanidine groups is 1. The topological polar surface area (TPSA) is 110 Å². The molecule has 1 aromatic heterocycles. The lowest BCUT2D eigenvalue weighted by molar-refractivity contribution is 0.332. The predicted octanol–water partition coefficient (Wildman–Crippen LogP) is 3.20. The van der Waals surface area contributed by atoms with Crippen LogP contribution in [0.3, 0.4) is 0 Å². The third kappa shape index (κ3) is 5.00. The average Bonchev–Trinajstić information content (AvgIpc) is 3.24. The summed E-state index contributed by atoms with van der Waals surface area (Å²) in [6.45, 7) is 5.42. The van der Waals surface area contributed by atoms with E-state index in [9.17, 15) is 0 Å². The standard InChI is InChI=1S/C20H24N6O2/c1-3-27-16-8-9-18(28-4-2)17(11-16)25-20(21)22-12-14-6-5-7-15(10-14)19-23-13-24-26-19/h5-11,13H,3-4,12H2,1-2H3,(H3,21,22,25)(H,23,24,26). The Hall–Kier alpha value is -3.55.